The van der Waals surface area contributed by atoms with Crippen molar-refractivity contribution in [2.45, 2.75) is 25.7 Å². The Kier molecular flexibility index (Phi) is 2.87. The maximum absolute atomic E-state index is 12.7. The van der Waals surface area contributed by atoms with Crippen LogP contribution in [0.1, 0.15) is 33.7 Å². The number of aryl methyl sites for hydroxylation is 2. The summed E-state index contributed by atoms with van der Waals surface area (Å²) in [6.45, 7) is 1.67. The van der Waals surface area contributed by atoms with E-state index in [4.69, 9.17) is 4.42 Å². The molecule has 21 heavy (non-hydrogen) atoms. The number of aromatic nitrogens is 2. The van der Waals surface area contributed by atoms with E-state index in [1.165, 1.54) is 11.1 Å². The molecule has 1 aliphatic heterocycles. The lowest BCUT2D eigenvalue weighted by molar-refractivity contribution is 0.0488. The first-order valence-corrected chi connectivity index (χ1v) is 7.57. The minimum atomic E-state index is 0.150. The molecule has 0 unspecified atom stereocenters. The van der Waals surface area contributed by atoms with Crippen LogP contribution in [0.3, 0.4) is 0 Å². The fourth-order valence-electron chi connectivity index (χ4n) is 3.54. The number of amides is 1. The van der Waals surface area contributed by atoms with E-state index >= 15 is 0 Å². The van der Waals surface area contributed by atoms with Crippen LogP contribution >= 0.6 is 0 Å². The summed E-state index contributed by atoms with van der Waals surface area (Å²) >= 11 is 0. The van der Waals surface area contributed by atoms with Gasteiger partial charge >= 0.3 is 0 Å². The summed E-state index contributed by atoms with van der Waals surface area (Å²) in [5.41, 5.74) is 4.33. The Balaban J connectivity index is 1.43. The number of hydrogen-bond acceptors (Lipinski definition) is 3. The number of nitrogens with zero attached hydrogens (tertiary/aromatic N) is 3. The predicted octanol–water partition coefficient (Wildman–Crippen LogP) is 1.82. The number of likely N-dealkylation sites (tertiary alicyclic amines) is 1. The second-order valence-corrected chi connectivity index (χ2v) is 6.16. The molecule has 1 aliphatic carbocycles. The number of hydrogen-bond donors (Lipinski definition) is 0. The van der Waals surface area contributed by atoms with Gasteiger partial charge in [-0.15, -0.1) is 0 Å². The van der Waals surface area contributed by atoms with E-state index in [9.17, 15) is 4.79 Å². The van der Waals surface area contributed by atoms with Crippen molar-refractivity contribution < 1.29 is 9.21 Å². The van der Waals surface area contributed by atoms with Crippen LogP contribution in [0, 0.1) is 5.92 Å². The summed E-state index contributed by atoms with van der Waals surface area (Å²) in [4.78, 5) is 14.6. The van der Waals surface area contributed by atoms with Crippen LogP contribution < -0.4 is 0 Å². The molecule has 0 spiro atoms. The van der Waals surface area contributed by atoms with E-state index in [2.05, 4.69) is 5.10 Å². The molecule has 0 saturated carbocycles. The van der Waals surface area contributed by atoms with Gasteiger partial charge in [-0.2, -0.15) is 5.10 Å². The van der Waals surface area contributed by atoms with Crippen LogP contribution in [0.2, 0.25) is 0 Å². The molecule has 3 heterocycles. The van der Waals surface area contributed by atoms with Gasteiger partial charge in [-0.3, -0.25) is 9.48 Å². The highest BCUT2D eigenvalue weighted by atomic mass is 16.3. The Morgan fingerprint density at radius 3 is 3.05 bits per heavy atom. The minimum absolute atomic E-state index is 0.150. The predicted molar refractivity (Wildman–Crippen MR) is 77.0 cm³/mol. The number of furan rings is 1. The van der Waals surface area contributed by atoms with Gasteiger partial charge in [0.1, 0.15) is 5.69 Å². The normalized spacial score (nSPS) is 17.9. The van der Waals surface area contributed by atoms with E-state index in [1.54, 1.807) is 17.2 Å². The molecular formula is C16H19N3O2. The third-order valence-electron chi connectivity index (χ3n) is 4.62. The summed E-state index contributed by atoms with van der Waals surface area (Å²) in [7, 11) is 1.88. The first-order chi connectivity index (χ1) is 10.2. The molecule has 0 radical (unpaired) electrons. The van der Waals surface area contributed by atoms with Crippen molar-refractivity contribution in [3.8, 4) is 0 Å². The smallest absolute Gasteiger partial charge is 0.272 e. The van der Waals surface area contributed by atoms with Gasteiger partial charge in [-0.25, -0.2) is 0 Å². The van der Waals surface area contributed by atoms with E-state index < -0.39 is 0 Å². The van der Waals surface area contributed by atoms with Crippen molar-refractivity contribution >= 4 is 5.91 Å². The fraction of sp³-hybridized carbons (Fsp3) is 0.500. The van der Waals surface area contributed by atoms with Crippen molar-refractivity contribution in [3.63, 3.8) is 0 Å². The number of rotatable bonds is 3. The summed E-state index contributed by atoms with van der Waals surface area (Å²) in [5.74, 6) is 0.699. The average molecular weight is 285 g/mol. The van der Waals surface area contributed by atoms with Crippen LogP contribution in [0.4, 0.5) is 0 Å². The topological polar surface area (TPSA) is 51.3 Å². The number of carbonyl (C=O) groups excluding carboxylic acids is 1. The molecule has 0 bridgehead atoms. The Hall–Kier alpha value is -2.04. The molecule has 2 aromatic rings. The molecule has 1 amide bonds. The van der Waals surface area contributed by atoms with E-state index in [-0.39, 0.29) is 5.91 Å². The minimum Gasteiger partial charge on any atom is -0.472 e. The monoisotopic (exact) mass is 285 g/mol. The number of carbonyl (C=O) groups is 1. The summed E-state index contributed by atoms with van der Waals surface area (Å²) in [5, 5.41) is 4.49. The lowest BCUT2D eigenvalue weighted by atomic mass is 9.93. The standard InChI is InChI=1S/C16H19N3O2/c1-18-15(13-3-2-4-14(13)17-18)16(20)19-8-12(9-19)7-11-5-6-21-10-11/h5-6,10,12H,2-4,7-9H2,1H3. The van der Waals surface area contributed by atoms with Crippen LogP contribution in [0.25, 0.3) is 0 Å². The fourth-order valence-corrected chi connectivity index (χ4v) is 3.54. The Morgan fingerprint density at radius 2 is 2.29 bits per heavy atom. The van der Waals surface area contributed by atoms with E-state index in [0.717, 1.165) is 50.2 Å². The van der Waals surface area contributed by atoms with Gasteiger partial charge in [0, 0.05) is 25.7 Å². The highest BCUT2D eigenvalue weighted by Crippen LogP contribution is 2.28. The van der Waals surface area contributed by atoms with Crippen LogP contribution in [-0.4, -0.2) is 33.7 Å². The summed E-state index contributed by atoms with van der Waals surface area (Å²) in [6.07, 6.45) is 7.62. The molecule has 5 nitrogen and oxygen atoms in total. The molecule has 110 valence electrons. The zero-order chi connectivity index (χ0) is 14.4. The number of fused-ring (bicyclic) bond motifs is 1. The molecule has 5 heteroatoms. The van der Waals surface area contributed by atoms with Crippen LogP contribution in [-0.2, 0) is 26.3 Å². The zero-order valence-corrected chi connectivity index (χ0v) is 12.2. The molecule has 0 atom stereocenters. The second-order valence-electron chi connectivity index (χ2n) is 6.16. The third kappa shape index (κ3) is 2.07. The molecule has 4 rings (SSSR count). The van der Waals surface area contributed by atoms with Gasteiger partial charge in [0.15, 0.2) is 0 Å². The molecular weight excluding hydrogens is 266 g/mol. The molecule has 1 saturated heterocycles. The van der Waals surface area contributed by atoms with Gasteiger partial charge in [0.05, 0.1) is 18.2 Å². The Bertz CT molecular complexity index is 666. The molecule has 1 fully saturated rings. The Labute approximate surface area is 123 Å². The first-order valence-electron chi connectivity index (χ1n) is 7.57. The van der Waals surface area contributed by atoms with Gasteiger partial charge in [0.25, 0.3) is 5.91 Å². The maximum Gasteiger partial charge on any atom is 0.272 e. The van der Waals surface area contributed by atoms with Crippen molar-refractivity contribution in [2.24, 2.45) is 13.0 Å². The zero-order valence-electron chi connectivity index (χ0n) is 12.2. The van der Waals surface area contributed by atoms with Gasteiger partial charge in [-0.1, -0.05) is 0 Å². The largest absolute Gasteiger partial charge is 0.472 e. The second kappa shape index (κ2) is 4.76. The van der Waals surface area contributed by atoms with Crippen molar-refractivity contribution in [1.82, 2.24) is 14.7 Å². The van der Waals surface area contributed by atoms with Crippen LogP contribution in [0.5, 0.6) is 0 Å². The SMILES string of the molecule is Cn1nc2c(c1C(=O)N1CC(Cc3ccoc3)C1)CCC2. The van der Waals surface area contributed by atoms with E-state index in [0.29, 0.717) is 5.92 Å². The van der Waals surface area contributed by atoms with Gasteiger partial charge in [-0.05, 0) is 43.2 Å². The highest BCUT2D eigenvalue weighted by molar-refractivity contribution is 5.95. The maximum atomic E-state index is 12.7. The van der Waals surface area contributed by atoms with Crippen molar-refractivity contribution in [1.29, 1.82) is 0 Å². The molecule has 2 aliphatic rings. The van der Waals surface area contributed by atoms with E-state index in [1.807, 2.05) is 18.0 Å². The third-order valence-corrected chi connectivity index (χ3v) is 4.62. The molecule has 2 aromatic heterocycles. The van der Waals surface area contributed by atoms with Gasteiger partial charge < -0.3 is 9.32 Å². The molecule has 0 N–H and O–H groups in total. The summed E-state index contributed by atoms with van der Waals surface area (Å²) < 4.78 is 6.86. The first kappa shape index (κ1) is 12.7. The average Bonchev–Trinajstić information content (AvgIpc) is 3.09. The lowest BCUT2D eigenvalue weighted by Gasteiger charge is -2.39. The lowest BCUT2D eigenvalue weighted by Crippen LogP contribution is -2.51. The van der Waals surface area contributed by atoms with Gasteiger partial charge in [0.2, 0.25) is 0 Å². The van der Waals surface area contributed by atoms with Crippen LogP contribution in [0.15, 0.2) is 23.0 Å². The quantitative estimate of drug-likeness (QED) is 0.864. The Morgan fingerprint density at radius 1 is 1.43 bits per heavy atom. The highest BCUT2D eigenvalue weighted by Gasteiger charge is 2.35. The van der Waals surface area contributed by atoms with Crippen molar-refractivity contribution in [2.75, 3.05) is 13.1 Å². The molecule has 0 aromatic carbocycles. The van der Waals surface area contributed by atoms with Crippen molar-refractivity contribution in [3.05, 3.63) is 41.1 Å². The summed E-state index contributed by atoms with van der Waals surface area (Å²) in [6, 6.07) is 2.00.